The number of hydrogen-bond acceptors (Lipinski definition) is 1. The molecule has 100 valence electrons. The summed E-state index contributed by atoms with van der Waals surface area (Å²) in [4.78, 5) is 0. The van der Waals surface area contributed by atoms with E-state index in [1.807, 2.05) is 20.8 Å². The van der Waals surface area contributed by atoms with Crippen molar-refractivity contribution in [3.05, 3.63) is 17.5 Å². The predicted octanol–water partition coefficient (Wildman–Crippen LogP) is 3.88. The highest BCUT2D eigenvalue weighted by atomic mass is 19.4. The van der Waals surface area contributed by atoms with Gasteiger partial charge in [-0.05, 0) is 34.6 Å². The largest absolute Gasteiger partial charge is 0.436 e. The SMILES string of the molecule is CC(C)n1cc(C#CC(C)(C)C)c(C(F)(F)F)n1. The molecule has 0 aliphatic rings. The van der Waals surface area contributed by atoms with Gasteiger partial charge in [0.05, 0.1) is 5.56 Å². The number of aromatic nitrogens is 2. The van der Waals surface area contributed by atoms with Crippen molar-refractivity contribution in [2.24, 2.45) is 5.41 Å². The lowest BCUT2D eigenvalue weighted by Gasteiger charge is -2.07. The third-order valence-corrected chi connectivity index (χ3v) is 2.10. The fraction of sp³-hybridized carbons (Fsp3) is 0.615. The first-order chi connectivity index (χ1) is 8.00. The third kappa shape index (κ3) is 3.80. The molecule has 0 saturated heterocycles. The average molecular weight is 258 g/mol. The highest BCUT2D eigenvalue weighted by molar-refractivity contribution is 5.39. The zero-order chi connectivity index (χ0) is 14.1. The van der Waals surface area contributed by atoms with Crippen molar-refractivity contribution in [1.82, 2.24) is 9.78 Å². The smallest absolute Gasteiger partial charge is 0.268 e. The van der Waals surface area contributed by atoms with E-state index in [2.05, 4.69) is 16.9 Å². The van der Waals surface area contributed by atoms with Gasteiger partial charge in [0.1, 0.15) is 0 Å². The summed E-state index contributed by atoms with van der Waals surface area (Å²) < 4.78 is 39.7. The molecule has 1 rings (SSSR count). The zero-order valence-corrected chi connectivity index (χ0v) is 11.2. The van der Waals surface area contributed by atoms with E-state index in [0.29, 0.717) is 0 Å². The normalized spacial score (nSPS) is 12.5. The molecular weight excluding hydrogens is 241 g/mol. The van der Waals surface area contributed by atoms with E-state index in [9.17, 15) is 13.2 Å². The van der Waals surface area contributed by atoms with Crippen LogP contribution < -0.4 is 0 Å². The topological polar surface area (TPSA) is 17.8 Å². The lowest BCUT2D eigenvalue weighted by molar-refractivity contribution is -0.141. The summed E-state index contributed by atoms with van der Waals surface area (Å²) in [7, 11) is 0. The second-order valence-corrected chi connectivity index (χ2v) is 5.46. The molecule has 2 nitrogen and oxygen atoms in total. The van der Waals surface area contributed by atoms with Crippen LogP contribution >= 0.6 is 0 Å². The van der Waals surface area contributed by atoms with Crippen molar-refractivity contribution in [1.29, 1.82) is 0 Å². The molecule has 0 N–H and O–H groups in total. The standard InChI is InChI=1S/C13H17F3N2/c1-9(2)18-8-10(6-7-12(3,4)5)11(17-18)13(14,15)16/h8-9H,1-5H3. The zero-order valence-electron chi connectivity index (χ0n) is 11.2. The van der Waals surface area contributed by atoms with Crippen LogP contribution in [-0.4, -0.2) is 9.78 Å². The van der Waals surface area contributed by atoms with Crippen LogP contribution in [0.2, 0.25) is 0 Å². The van der Waals surface area contributed by atoms with Gasteiger partial charge in [0, 0.05) is 17.7 Å². The molecule has 0 radical (unpaired) electrons. The van der Waals surface area contributed by atoms with Crippen LogP contribution in [0.5, 0.6) is 0 Å². The van der Waals surface area contributed by atoms with Gasteiger partial charge >= 0.3 is 6.18 Å². The van der Waals surface area contributed by atoms with Gasteiger partial charge in [-0.15, -0.1) is 0 Å². The summed E-state index contributed by atoms with van der Waals surface area (Å²) in [6, 6.07) is -0.128. The Labute approximate surface area is 105 Å². The molecule has 0 bridgehead atoms. The molecule has 0 aliphatic heterocycles. The van der Waals surface area contributed by atoms with E-state index in [1.165, 1.54) is 10.9 Å². The Bertz CT molecular complexity index is 479. The quantitative estimate of drug-likeness (QED) is 0.699. The molecule has 0 atom stereocenters. The van der Waals surface area contributed by atoms with Gasteiger partial charge in [-0.1, -0.05) is 11.8 Å². The molecule has 5 heteroatoms. The van der Waals surface area contributed by atoms with Gasteiger partial charge in [-0.3, -0.25) is 4.68 Å². The summed E-state index contributed by atoms with van der Waals surface area (Å²) in [6.45, 7) is 9.09. The Morgan fingerprint density at radius 2 is 1.78 bits per heavy atom. The average Bonchev–Trinajstić information content (AvgIpc) is 2.56. The van der Waals surface area contributed by atoms with Crippen molar-refractivity contribution < 1.29 is 13.2 Å². The summed E-state index contributed by atoms with van der Waals surface area (Å²) in [6.07, 6.45) is -3.12. The van der Waals surface area contributed by atoms with E-state index < -0.39 is 11.9 Å². The van der Waals surface area contributed by atoms with Gasteiger partial charge in [0.15, 0.2) is 5.69 Å². The van der Waals surface area contributed by atoms with Crippen molar-refractivity contribution >= 4 is 0 Å². The molecule has 1 aromatic heterocycles. The van der Waals surface area contributed by atoms with Gasteiger partial charge < -0.3 is 0 Å². The number of halogens is 3. The molecule has 0 spiro atoms. The summed E-state index contributed by atoms with van der Waals surface area (Å²) in [5.41, 5.74) is -1.32. The van der Waals surface area contributed by atoms with E-state index in [1.54, 1.807) is 13.8 Å². The minimum absolute atomic E-state index is 0.0638. The van der Waals surface area contributed by atoms with Crippen molar-refractivity contribution in [2.75, 3.05) is 0 Å². The predicted molar refractivity (Wildman–Crippen MR) is 63.9 cm³/mol. The van der Waals surface area contributed by atoms with Gasteiger partial charge in [0.25, 0.3) is 0 Å². The second kappa shape index (κ2) is 4.68. The van der Waals surface area contributed by atoms with Crippen LogP contribution in [0.1, 0.15) is 51.9 Å². The molecule has 0 amide bonds. The minimum Gasteiger partial charge on any atom is -0.268 e. The van der Waals surface area contributed by atoms with Crippen LogP contribution in [0.15, 0.2) is 6.20 Å². The van der Waals surface area contributed by atoms with Crippen LogP contribution in [0, 0.1) is 17.3 Å². The van der Waals surface area contributed by atoms with Crippen LogP contribution in [0.25, 0.3) is 0 Å². The molecule has 0 fully saturated rings. The fourth-order valence-electron chi connectivity index (χ4n) is 1.21. The van der Waals surface area contributed by atoms with E-state index in [0.717, 1.165) is 0 Å². The van der Waals surface area contributed by atoms with Gasteiger partial charge in [0.2, 0.25) is 0 Å². The summed E-state index contributed by atoms with van der Waals surface area (Å²) >= 11 is 0. The fourth-order valence-corrected chi connectivity index (χ4v) is 1.21. The lowest BCUT2D eigenvalue weighted by atomic mass is 9.97. The van der Waals surface area contributed by atoms with Crippen LogP contribution in [0.3, 0.4) is 0 Å². The molecule has 0 aliphatic carbocycles. The summed E-state index contributed by atoms with van der Waals surface area (Å²) in [5, 5.41) is 3.57. The van der Waals surface area contributed by atoms with Crippen LogP contribution in [0.4, 0.5) is 13.2 Å². The number of alkyl halides is 3. The minimum atomic E-state index is -4.47. The lowest BCUT2D eigenvalue weighted by Crippen LogP contribution is -2.10. The monoisotopic (exact) mass is 258 g/mol. The first-order valence-electron chi connectivity index (χ1n) is 5.70. The van der Waals surface area contributed by atoms with E-state index in [-0.39, 0.29) is 17.0 Å². The third-order valence-electron chi connectivity index (χ3n) is 2.10. The van der Waals surface area contributed by atoms with E-state index in [4.69, 9.17) is 0 Å². The molecule has 1 heterocycles. The van der Waals surface area contributed by atoms with Gasteiger partial charge in [-0.2, -0.15) is 18.3 Å². The first-order valence-corrected chi connectivity index (χ1v) is 5.70. The second-order valence-electron chi connectivity index (χ2n) is 5.46. The van der Waals surface area contributed by atoms with Crippen molar-refractivity contribution in [3.63, 3.8) is 0 Å². The molecule has 1 aromatic rings. The Balaban J connectivity index is 3.28. The molecular formula is C13H17F3N2. The van der Waals surface area contributed by atoms with Crippen molar-refractivity contribution in [2.45, 2.75) is 46.8 Å². The summed E-state index contributed by atoms with van der Waals surface area (Å²) in [5.74, 6) is 5.38. The molecule has 18 heavy (non-hydrogen) atoms. The highest BCUT2D eigenvalue weighted by Gasteiger charge is 2.37. The highest BCUT2D eigenvalue weighted by Crippen LogP contribution is 2.31. The van der Waals surface area contributed by atoms with E-state index >= 15 is 0 Å². The number of rotatable bonds is 1. The molecule has 0 unspecified atom stereocenters. The first kappa shape index (κ1) is 14.6. The molecule has 0 aromatic carbocycles. The number of nitrogens with zero attached hydrogens (tertiary/aromatic N) is 2. The van der Waals surface area contributed by atoms with Crippen LogP contribution in [-0.2, 0) is 6.18 Å². The Morgan fingerprint density at radius 3 is 2.17 bits per heavy atom. The Hall–Kier alpha value is -1.44. The Morgan fingerprint density at radius 1 is 1.22 bits per heavy atom. The maximum absolute atomic E-state index is 12.8. The molecule has 0 saturated carbocycles. The number of hydrogen-bond donors (Lipinski definition) is 0. The van der Waals surface area contributed by atoms with Gasteiger partial charge in [-0.25, -0.2) is 0 Å². The maximum atomic E-state index is 12.8. The Kier molecular flexibility index (Phi) is 3.80. The maximum Gasteiger partial charge on any atom is 0.436 e. The van der Waals surface area contributed by atoms with Crippen molar-refractivity contribution in [3.8, 4) is 11.8 Å².